The molecule has 0 spiro atoms. The van der Waals surface area contributed by atoms with Crippen LogP contribution in [-0.2, 0) is 0 Å². The van der Waals surface area contributed by atoms with E-state index in [-0.39, 0.29) is 0 Å². The van der Waals surface area contributed by atoms with Crippen molar-refractivity contribution < 1.29 is 0 Å². The van der Waals surface area contributed by atoms with Crippen LogP contribution in [0.2, 0.25) is 0 Å². The summed E-state index contributed by atoms with van der Waals surface area (Å²) in [6, 6.07) is 6.41. The van der Waals surface area contributed by atoms with Gasteiger partial charge in [-0.2, -0.15) is 0 Å². The second kappa shape index (κ2) is 6.61. The lowest BCUT2D eigenvalue weighted by molar-refractivity contribution is 0.280. The Morgan fingerprint density at radius 1 is 1.25 bits per heavy atom. The molecule has 2 N–H and O–H groups in total. The lowest BCUT2D eigenvalue weighted by Gasteiger charge is -2.29. The molecular formula is C13H23N3. The van der Waals surface area contributed by atoms with E-state index >= 15 is 0 Å². The highest BCUT2D eigenvalue weighted by molar-refractivity contribution is 5.10. The molecule has 1 aromatic heterocycles. The second-order valence-electron chi connectivity index (χ2n) is 4.49. The molecule has 0 fully saturated rings. The molecule has 0 bridgehead atoms. The maximum absolute atomic E-state index is 4.45. The van der Waals surface area contributed by atoms with Crippen LogP contribution in [0.3, 0.4) is 0 Å². The van der Waals surface area contributed by atoms with Crippen LogP contribution in [0, 0.1) is 11.8 Å². The van der Waals surface area contributed by atoms with E-state index in [4.69, 9.17) is 0 Å². The Hall–Kier alpha value is -0.930. The lowest BCUT2D eigenvalue weighted by atomic mass is 9.86. The van der Waals surface area contributed by atoms with Gasteiger partial charge in [-0.1, -0.05) is 19.9 Å². The van der Waals surface area contributed by atoms with Gasteiger partial charge in [-0.15, -0.1) is 0 Å². The molecule has 1 heterocycles. The Bertz CT molecular complexity index is 284. The van der Waals surface area contributed by atoms with Gasteiger partial charge in [0.2, 0.25) is 0 Å². The standard InChI is InChI=1S/C13H23N3/c1-10(2)11(9-14-3)13(15-4)12-7-5-6-8-16-12/h5-8,10-11,13-15H,9H2,1-4H3. The third-order valence-electron chi connectivity index (χ3n) is 3.04. The Kier molecular flexibility index (Phi) is 5.43. The van der Waals surface area contributed by atoms with Crippen molar-refractivity contribution in [2.45, 2.75) is 19.9 Å². The third kappa shape index (κ3) is 3.29. The average Bonchev–Trinajstić information content (AvgIpc) is 2.30. The van der Waals surface area contributed by atoms with Gasteiger partial charge in [0.25, 0.3) is 0 Å². The summed E-state index contributed by atoms with van der Waals surface area (Å²) in [4.78, 5) is 4.45. The number of hydrogen-bond donors (Lipinski definition) is 2. The number of nitrogens with one attached hydrogen (secondary N) is 2. The number of pyridine rings is 1. The SMILES string of the molecule is CNCC(C(C)C)C(NC)c1ccccn1. The molecular weight excluding hydrogens is 198 g/mol. The smallest absolute Gasteiger partial charge is 0.0576 e. The summed E-state index contributed by atoms with van der Waals surface area (Å²) >= 11 is 0. The average molecular weight is 221 g/mol. The molecule has 1 rings (SSSR count). The molecule has 90 valence electrons. The molecule has 16 heavy (non-hydrogen) atoms. The lowest BCUT2D eigenvalue weighted by Crippen LogP contribution is -2.35. The molecule has 3 heteroatoms. The van der Waals surface area contributed by atoms with E-state index in [1.807, 2.05) is 32.4 Å². The molecule has 3 nitrogen and oxygen atoms in total. The zero-order valence-electron chi connectivity index (χ0n) is 10.7. The van der Waals surface area contributed by atoms with Crippen molar-refractivity contribution in [2.24, 2.45) is 11.8 Å². The fourth-order valence-corrected chi connectivity index (χ4v) is 2.12. The summed E-state index contributed by atoms with van der Waals surface area (Å²) in [5.74, 6) is 1.16. The minimum atomic E-state index is 0.314. The Morgan fingerprint density at radius 2 is 2.00 bits per heavy atom. The molecule has 0 saturated carbocycles. The van der Waals surface area contributed by atoms with Crippen molar-refractivity contribution >= 4 is 0 Å². The molecule has 0 aliphatic rings. The highest BCUT2D eigenvalue weighted by Crippen LogP contribution is 2.25. The fraction of sp³-hybridized carbons (Fsp3) is 0.615. The minimum Gasteiger partial charge on any atom is -0.319 e. The number of nitrogens with zero attached hydrogens (tertiary/aromatic N) is 1. The van der Waals surface area contributed by atoms with Crippen molar-refractivity contribution in [3.8, 4) is 0 Å². The van der Waals surface area contributed by atoms with Crippen LogP contribution in [0.4, 0.5) is 0 Å². The highest BCUT2D eigenvalue weighted by Gasteiger charge is 2.24. The van der Waals surface area contributed by atoms with Crippen molar-refractivity contribution in [1.82, 2.24) is 15.6 Å². The number of rotatable bonds is 6. The predicted octanol–water partition coefficient (Wildman–Crippen LogP) is 1.83. The maximum Gasteiger partial charge on any atom is 0.0576 e. The van der Waals surface area contributed by atoms with Gasteiger partial charge in [0.1, 0.15) is 0 Å². The van der Waals surface area contributed by atoms with Crippen LogP contribution in [0.5, 0.6) is 0 Å². The molecule has 1 aromatic rings. The van der Waals surface area contributed by atoms with E-state index in [9.17, 15) is 0 Å². The molecule has 0 radical (unpaired) electrons. The Morgan fingerprint density at radius 3 is 2.44 bits per heavy atom. The predicted molar refractivity (Wildman–Crippen MR) is 68.3 cm³/mol. The van der Waals surface area contributed by atoms with Gasteiger partial charge in [-0.3, -0.25) is 4.98 Å². The van der Waals surface area contributed by atoms with Crippen molar-refractivity contribution in [3.05, 3.63) is 30.1 Å². The molecule has 0 aliphatic heterocycles. The minimum absolute atomic E-state index is 0.314. The first-order valence-electron chi connectivity index (χ1n) is 5.93. The fourth-order valence-electron chi connectivity index (χ4n) is 2.12. The molecule has 0 amide bonds. The number of hydrogen-bond acceptors (Lipinski definition) is 3. The normalized spacial score (nSPS) is 15.1. The largest absolute Gasteiger partial charge is 0.319 e. The first-order valence-corrected chi connectivity index (χ1v) is 5.93. The summed E-state index contributed by atoms with van der Waals surface area (Å²) in [6.45, 7) is 5.52. The monoisotopic (exact) mass is 221 g/mol. The van der Waals surface area contributed by atoms with Crippen LogP contribution in [-0.4, -0.2) is 25.6 Å². The van der Waals surface area contributed by atoms with E-state index in [0.29, 0.717) is 17.9 Å². The van der Waals surface area contributed by atoms with Crippen molar-refractivity contribution in [1.29, 1.82) is 0 Å². The van der Waals surface area contributed by atoms with Gasteiger partial charge < -0.3 is 10.6 Å². The molecule has 0 saturated heterocycles. The summed E-state index contributed by atoms with van der Waals surface area (Å²) < 4.78 is 0. The quantitative estimate of drug-likeness (QED) is 0.769. The van der Waals surface area contributed by atoms with Gasteiger partial charge in [-0.05, 0) is 44.6 Å². The molecule has 0 aliphatic carbocycles. The first-order chi connectivity index (χ1) is 7.70. The maximum atomic E-state index is 4.45. The molecule has 2 unspecified atom stereocenters. The zero-order chi connectivity index (χ0) is 12.0. The first kappa shape index (κ1) is 13.1. The van der Waals surface area contributed by atoms with Crippen molar-refractivity contribution in [2.75, 3.05) is 20.6 Å². The van der Waals surface area contributed by atoms with Gasteiger partial charge in [-0.25, -0.2) is 0 Å². The summed E-state index contributed by atoms with van der Waals surface area (Å²) in [7, 11) is 4.00. The van der Waals surface area contributed by atoms with E-state index in [0.717, 1.165) is 12.2 Å². The summed E-state index contributed by atoms with van der Waals surface area (Å²) in [5.41, 5.74) is 1.12. The molecule has 2 atom stereocenters. The summed E-state index contributed by atoms with van der Waals surface area (Å²) in [5, 5.41) is 6.65. The van der Waals surface area contributed by atoms with Crippen LogP contribution in [0.15, 0.2) is 24.4 Å². The molecule has 0 aromatic carbocycles. The van der Waals surface area contributed by atoms with Crippen LogP contribution in [0.25, 0.3) is 0 Å². The highest BCUT2D eigenvalue weighted by atomic mass is 14.9. The van der Waals surface area contributed by atoms with Crippen molar-refractivity contribution in [3.63, 3.8) is 0 Å². The van der Waals surface area contributed by atoms with Gasteiger partial charge in [0.15, 0.2) is 0 Å². The second-order valence-corrected chi connectivity index (χ2v) is 4.49. The van der Waals surface area contributed by atoms with E-state index < -0.39 is 0 Å². The van der Waals surface area contributed by atoms with Crippen LogP contribution >= 0.6 is 0 Å². The summed E-state index contributed by atoms with van der Waals surface area (Å²) in [6.07, 6.45) is 1.86. The van der Waals surface area contributed by atoms with Crippen LogP contribution in [0.1, 0.15) is 25.6 Å². The zero-order valence-corrected chi connectivity index (χ0v) is 10.7. The van der Waals surface area contributed by atoms with Gasteiger partial charge in [0, 0.05) is 6.20 Å². The van der Waals surface area contributed by atoms with Gasteiger partial charge >= 0.3 is 0 Å². The number of aromatic nitrogens is 1. The van der Waals surface area contributed by atoms with E-state index in [2.05, 4.69) is 35.5 Å². The third-order valence-corrected chi connectivity index (χ3v) is 3.04. The topological polar surface area (TPSA) is 37.0 Å². The van der Waals surface area contributed by atoms with E-state index in [1.165, 1.54) is 0 Å². The van der Waals surface area contributed by atoms with E-state index in [1.54, 1.807) is 0 Å². The Labute approximate surface area is 98.7 Å². The Balaban J connectivity index is 2.86. The van der Waals surface area contributed by atoms with Gasteiger partial charge in [0.05, 0.1) is 11.7 Å². The van der Waals surface area contributed by atoms with Crippen LogP contribution < -0.4 is 10.6 Å².